The maximum absolute atomic E-state index is 4.73. The summed E-state index contributed by atoms with van der Waals surface area (Å²) in [7, 11) is 0. The zero-order valence-electron chi connectivity index (χ0n) is 11.0. The number of nitrogens with zero attached hydrogens (tertiary/aromatic N) is 2. The van der Waals surface area contributed by atoms with Crippen LogP contribution >= 0.6 is 15.9 Å². The van der Waals surface area contributed by atoms with Gasteiger partial charge in [0.15, 0.2) is 0 Å². The number of aromatic nitrogens is 2. The largest absolute Gasteiger partial charge is 0.233 e. The Labute approximate surface area is 127 Å². The fourth-order valence-corrected chi connectivity index (χ4v) is 2.64. The van der Waals surface area contributed by atoms with Crippen LogP contribution in [0.4, 0.5) is 0 Å². The van der Waals surface area contributed by atoms with Crippen molar-refractivity contribution in [3.8, 4) is 16.9 Å². The highest BCUT2D eigenvalue weighted by atomic mass is 79.9. The zero-order chi connectivity index (χ0) is 13.8. The maximum atomic E-state index is 4.73. The molecule has 3 aromatic rings. The van der Waals surface area contributed by atoms with Gasteiger partial charge in [0.05, 0.1) is 17.1 Å². The van der Waals surface area contributed by atoms with Crippen molar-refractivity contribution in [2.24, 2.45) is 0 Å². The summed E-state index contributed by atoms with van der Waals surface area (Å²) in [5.41, 5.74) is 4.51. The van der Waals surface area contributed by atoms with Crippen LogP contribution in [0.3, 0.4) is 0 Å². The molecule has 0 aliphatic rings. The van der Waals surface area contributed by atoms with Gasteiger partial charge < -0.3 is 0 Å². The third-order valence-corrected chi connectivity index (χ3v) is 3.58. The summed E-state index contributed by atoms with van der Waals surface area (Å²) in [6.07, 6.45) is 0.930. The van der Waals surface area contributed by atoms with Gasteiger partial charge in [-0.25, -0.2) is 4.68 Å². The van der Waals surface area contributed by atoms with Gasteiger partial charge in [0, 0.05) is 17.3 Å². The second-order valence-corrected chi connectivity index (χ2v) is 5.37. The highest BCUT2D eigenvalue weighted by Crippen LogP contribution is 2.24. The van der Waals surface area contributed by atoms with E-state index in [2.05, 4.69) is 58.4 Å². The van der Waals surface area contributed by atoms with E-state index in [0.717, 1.165) is 28.8 Å². The summed E-state index contributed by atoms with van der Waals surface area (Å²) in [6, 6.07) is 22.8. The normalized spacial score (nSPS) is 10.7. The molecular formula is C17H15BrN2. The molecule has 2 aromatic carbocycles. The number of alkyl halides is 1. The molecule has 2 nitrogen and oxygen atoms in total. The molecule has 0 amide bonds. The van der Waals surface area contributed by atoms with Crippen LogP contribution in [0.25, 0.3) is 16.9 Å². The first-order valence-corrected chi connectivity index (χ1v) is 7.76. The summed E-state index contributed by atoms with van der Waals surface area (Å²) in [4.78, 5) is 0. The van der Waals surface area contributed by atoms with Crippen LogP contribution in [-0.4, -0.2) is 15.1 Å². The van der Waals surface area contributed by atoms with Crippen LogP contribution in [0, 0.1) is 0 Å². The van der Waals surface area contributed by atoms with Gasteiger partial charge in [-0.1, -0.05) is 64.5 Å². The first-order valence-electron chi connectivity index (χ1n) is 6.64. The average molecular weight is 327 g/mol. The van der Waals surface area contributed by atoms with Crippen molar-refractivity contribution >= 4 is 15.9 Å². The number of aryl methyl sites for hydroxylation is 1. The number of rotatable bonds is 4. The van der Waals surface area contributed by atoms with E-state index in [9.17, 15) is 0 Å². The topological polar surface area (TPSA) is 17.8 Å². The average Bonchev–Trinajstić information content (AvgIpc) is 2.93. The van der Waals surface area contributed by atoms with E-state index in [1.165, 1.54) is 5.56 Å². The summed E-state index contributed by atoms with van der Waals surface area (Å²) >= 11 is 3.48. The molecule has 0 aliphatic carbocycles. The molecule has 0 bridgehead atoms. The van der Waals surface area contributed by atoms with Gasteiger partial charge in [-0.3, -0.25) is 0 Å². The van der Waals surface area contributed by atoms with Crippen LogP contribution in [0.2, 0.25) is 0 Å². The summed E-state index contributed by atoms with van der Waals surface area (Å²) < 4.78 is 2.02. The smallest absolute Gasteiger partial charge is 0.0743 e. The molecule has 0 spiro atoms. The van der Waals surface area contributed by atoms with E-state index < -0.39 is 0 Å². The lowest BCUT2D eigenvalue weighted by Crippen LogP contribution is -1.99. The zero-order valence-corrected chi connectivity index (χ0v) is 12.6. The summed E-state index contributed by atoms with van der Waals surface area (Å²) in [5.74, 6) is 0. The van der Waals surface area contributed by atoms with Crippen molar-refractivity contribution < 1.29 is 0 Å². The first-order chi connectivity index (χ1) is 9.88. The Balaban J connectivity index is 2.13. The van der Waals surface area contributed by atoms with Crippen molar-refractivity contribution in [1.82, 2.24) is 9.78 Å². The van der Waals surface area contributed by atoms with Gasteiger partial charge in [-0.15, -0.1) is 0 Å². The van der Waals surface area contributed by atoms with Gasteiger partial charge in [0.25, 0.3) is 0 Å². The molecule has 100 valence electrons. The highest BCUT2D eigenvalue weighted by Gasteiger charge is 2.10. The molecule has 1 aromatic heterocycles. The molecule has 20 heavy (non-hydrogen) atoms. The van der Waals surface area contributed by atoms with Crippen LogP contribution in [0.15, 0.2) is 66.7 Å². The fourth-order valence-electron chi connectivity index (χ4n) is 2.23. The van der Waals surface area contributed by atoms with Gasteiger partial charge >= 0.3 is 0 Å². The van der Waals surface area contributed by atoms with Crippen LogP contribution < -0.4 is 0 Å². The second kappa shape index (κ2) is 6.06. The predicted octanol–water partition coefficient (Wildman–Crippen LogP) is 4.48. The minimum Gasteiger partial charge on any atom is -0.233 e. The van der Waals surface area contributed by atoms with E-state index in [1.807, 2.05) is 28.9 Å². The Bertz CT molecular complexity index is 618. The molecule has 0 N–H and O–H groups in total. The quantitative estimate of drug-likeness (QED) is 0.646. The van der Waals surface area contributed by atoms with Gasteiger partial charge in [0.2, 0.25) is 0 Å². The molecule has 3 heteroatoms. The van der Waals surface area contributed by atoms with E-state index in [0.29, 0.717) is 0 Å². The lowest BCUT2D eigenvalue weighted by molar-refractivity contribution is 0.850. The third-order valence-electron chi connectivity index (χ3n) is 3.18. The number of para-hydroxylation sites is 1. The van der Waals surface area contributed by atoms with Crippen molar-refractivity contribution in [1.29, 1.82) is 0 Å². The van der Waals surface area contributed by atoms with Crippen LogP contribution in [0.1, 0.15) is 5.69 Å². The van der Waals surface area contributed by atoms with E-state index in [-0.39, 0.29) is 0 Å². The van der Waals surface area contributed by atoms with Gasteiger partial charge in [-0.05, 0) is 18.2 Å². The first kappa shape index (κ1) is 13.1. The monoisotopic (exact) mass is 326 g/mol. The highest BCUT2D eigenvalue weighted by molar-refractivity contribution is 9.09. The molecule has 0 atom stereocenters. The van der Waals surface area contributed by atoms with Crippen molar-refractivity contribution in [2.75, 3.05) is 5.33 Å². The number of benzene rings is 2. The molecule has 0 saturated carbocycles. The Morgan fingerprint density at radius 1 is 0.900 bits per heavy atom. The van der Waals surface area contributed by atoms with Crippen molar-refractivity contribution in [3.05, 3.63) is 72.4 Å². The summed E-state index contributed by atoms with van der Waals surface area (Å²) in [5, 5.41) is 5.66. The lowest BCUT2D eigenvalue weighted by atomic mass is 10.1. The maximum Gasteiger partial charge on any atom is 0.0743 e. The van der Waals surface area contributed by atoms with E-state index in [1.54, 1.807) is 0 Å². The number of halogens is 1. The fraction of sp³-hybridized carbons (Fsp3) is 0.118. The van der Waals surface area contributed by atoms with Crippen molar-refractivity contribution in [2.45, 2.75) is 6.42 Å². The Morgan fingerprint density at radius 2 is 1.55 bits per heavy atom. The van der Waals surface area contributed by atoms with Gasteiger partial charge in [0.1, 0.15) is 0 Å². The minimum absolute atomic E-state index is 0.924. The molecule has 1 heterocycles. The SMILES string of the molecule is BrCCc1cc(-c2ccccc2)n(-c2ccccc2)n1. The molecular weight excluding hydrogens is 312 g/mol. The molecule has 0 unspecified atom stereocenters. The van der Waals surface area contributed by atoms with Crippen molar-refractivity contribution in [3.63, 3.8) is 0 Å². The number of hydrogen-bond donors (Lipinski definition) is 0. The van der Waals surface area contributed by atoms with E-state index >= 15 is 0 Å². The molecule has 0 radical (unpaired) electrons. The minimum atomic E-state index is 0.924. The third kappa shape index (κ3) is 2.68. The van der Waals surface area contributed by atoms with Crippen LogP contribution in [-0.2, 0) is 6.42 Å². The molecule has 0 fully saturated rings. The van der Waals surface area contributed by atoms with Crippen LogP contribution in [0.5, 0.6) is 0 Å². The Hall–Kier alpha value is -1.87. The second-order valence-electron chi connectivity index (χ2n) is 4.57. The van der Waals surface area contributed by atoms with Gasteiger partial charge in [-0.2, -0.15) is 5.10 Å². The molecule has 0 saturated heterocycles. The summed E-state index contributed by atoms with van der Waals surface area (Å²) in [6.45, 7) is 0. The standard InChI is InChI=1S/C17H15BrN2/c18-12-11-15-13-17(14-7-3-1-4-8-14)20(19-15)16-9-5-2-6-10-16/h1-10,13H,11-12H2. The Morgan fingerprint density at radius 3 is 2.20 bits per heavy atom. The number of hydrogen-bond acceptors (Lipinski definition) is 1. The Kier molecular flexibility index (Phi) is 3.97. The molecule has 0 aliphatic heterocycles. The predicted molar refractivity (Wildman–Crippen MR) is 86.5 cm³/mol. The lowest BCUT2D eigenvalue weighted by Gasteiger charge is -2.07. The molecule has 3 rings (SSSR count). The van der Waals surface area contributed by atoms with E-state index in [4.69, 9.17) is 5.10 Å².